The van der Waals surface area contributed by atoms with Gasteiger partial charge < -0.3 is 4.74 Å². The summed E-state index contributed by atoms with van der Waals surface area (Å²) in [4.78, 5) is 4.14. The Morgan fingerprint density at radius 2 is 2.42 bits per heavy atom. The van der Waals surface area contributed by atoms with Gasteiger partial charge in [0.25, 0.3) is 0 Å². The van der Waals surface area contributed by atoms with Crippen molar-refractivity contribution in [3.8, 4) is 5.75 Å². The van der Waals surface area contributed by atoms with Gasteiger partial charge in [0.05, 0.1) is 0 Å². The molecule has 2 atom stereocenters. The monoisotopic (exact) mass is 161 g/mol. The molecule has 1 aliphatic carbocycles. The Labute approximate surface area is 71.6 Å². The summed E-state index contributed by atoms with van der Waals surface area (Å²) in [6, 6.07) is 1.98. The second-order valence-electron chi connectivity index (χ2n) is 3.61. The number of ether oxygens (including phenoxy) is 1. The summed E-state index contributed by atoms with van der Waals surface area (Å²) >= 11 is 0. The smallest absolute Gasteiger partial charge is 0.126 e. The summed E-state index contributed by atoms with van der Waals surface area (Å²) in [5.74, 6) is 1.72. The minimum Gasteiger partial charge on any atom is -0.489 e. The summed E-state index contributed by atoms with van der Waals surface area (Å²) in [5, 5.41) is 0. The van der Waals surface area contributed by atoms with Crippen LogP contribution in [0.2, 0.25) is 0 Å². The molecule has 0 amide bonds. The first-order chi connectivity index (χ1) is 5.95. The zero-order valence-corrected chi connectivity index (χ0v) is 6.86. The van der Waals surface area contributed by atoms with E-state index in [1.807, 2.05) is 12.3 Å². The van der Waals surface area contributed by atoms with E-state index in [0.717, 1.165) is 5.75 Å². The molecule has 1 fully saturated rings. The van der Waals surface area contributed by atoms with E-state index in [2.05, 4.69) is 4.98 Å². The molecule has 2 nitrogen and oxygen atoms in total. The van der Waals surface area contributed by atoms with Crippen LogP contribution in [-0.4, -0.2) is 11.1 Å². The molecule has 3 rings (SSSR count). The molecular formula is C10H11NO. The predicted octanol–water partition coefficient (Wildman–Crippen LogP) is 2.11. The molecule has 0 radical (unpaired) electrons. The maximum atomic E-state index is 5.79. The van der Waals surface area contributed by atoms with Crippen LogP contribution in [-0.2, 0) is 0 Å². The maximum absolute atomic E-state index is 5.79. The van der Waals surface area contributed by atoms with Crippen molar-refractivity contribution in [3.63, 3.8) is 0 Å². The van der Waals surface area contributed by atoms with Gasteiger partial charge in [0.2, 0.25) is 0 Å². The molecule has 0 aromatic carbocycles. The number of hydrogen-bond acceptors (Lipinski definition) is 2. The van der Waals surface area contributed by atoms with Crippen molar-refractivity contribution in [1.82, 2.24) is 4.98 Å². The number of nitrogens with zero attached hydrogens (tertiary/aromatic N) is 1. The average molecular weight is 161 g/mol. The highest BCUT2D eigenvalue weighted by Crippen LogP contribution is 2.46. The van der Waals surface area contributed by atoms with Crippen LogP contribution < -0.4 is 4.74 Å². The topological polar surface area (TPSA) is 22.1 Å². The van der Waals surface area contributed by atoms with Crippen molar-refractivity contribution in [2.24, 2.45) is 0 Å². The van der Waals surface area contributed by atoms with Gasteiger partial charge in [0.15, 0.2) is 0 Å². The number of pyridine rings is 1. The predicted molar refractivity (Wildman–Crippen MR) is 45.2 cm³/mol. The SMILES string of the molecule is c1cc2c(cn1)C1CCCC1O2. The molecule has 2 heterocycles. The molecular weight excluding hydrogens is 150 g/mol. The second-order valence-corrected chi connectivity index (χ2v) is 3.61. The van der Waals surface area contributed by atoms with Crippen LogP contribution in [0, 0.1) is 0 Å². The number of fused-ring (bicyclic) bond motifs is 3. The average Bonchev–Trinajstić information content (AvgIpc) is 2.62. The maximum Gasteiger partial charge on any atom is 0.126 e. The van der Waals surface area contributed by atoms with E-state index in [1.54, 1.807) is 6.20 Å². The second kappa shape index (κ2) is 2.22. The number of aromatic nitrogens is 1. The van der Waals surface area contributed by atoms with Crippen molar-refractivity contribution in [1.29, 1.82) is 0 Å². The third-order valence-electron chi connectivity index (χ3n) is 2.94. The van der Waals surface area contributed by atoms with Crippen LogP contribution in [0.15, 0.2) is 18.5 Å². The van der Waals surface area contributed by atoms with Crippen LogP contribution in [0.5, 0.6) is 5.75 Å². The van der Waals surface area contributed by atoms with Crippen molar-refractivity contribution in [2.45, 2.75) is 31.3 Å². The molecule has 62 valence electrons. The molecule has 2 heteroatoms. The van der Waals surface area contributed by atoms with E-state index in [0.29, 0.717) is 12.0 Å². The van der Waals surface area contributed by atoms with E-state index in [9.17, 15) is 0 Å². The third-order valence-corrected chi connectivity index (χ3v) is 2.94. The van der Waals surface area contributed by atoms with E-state index in [-0.39, 0.29) is 0 Å². The zero-order chi connectivity index (χ0) is 7.97. The highest BCUT2D eigenvalue weighted by Gasteiger charge is 2.37. The molecule has 2 unspecified atom stereocenters. The van der Waals surface area contributed by atoms with Gasteiger partial charge in [-0.05, 0) is 25.3 Å². The highest BCUT2D eigenvalue weighted by molar-refractivity contribution is 5.39. The van der Waals surface area contributed by atoms with Gasteiger partial charge in [0, 0.05) is 23.9 Å². The first-order valence-electron chi connectivity index (χ1n) is 4.56. The highest BCUT2D eigenvalue weighted by atomic mass is 16.5. The van der Waals surface area contributed by atoms with Crippen molar-refractivity contribution < 1.29 is 4.74 Å². The minimum absolute atomic E-state index is 0.462. The first kappa shape index (κ1) is 6.46. The fraction of sp³-hybridized carbons (Fsp3) is 0.500. The Hall–Kier alpha value is -1.05. The quantitative estimate of drug-likeness (QED) is 0.581. The summed E-state index contributed by atoms with van der Waals surface area (Å²) in [7, 11) is 0. The molecule has 0 N–H and O–H groups in total. The summed E-state index contributed by atoms with van der Waals surface area (Å²) in [5.41, 5.74) is 1.33. The van der Waals surface area contributed by atoms with Gasteiger partial charge in [-0.25, -0.2) is 0 Å². The lowest BCUT2D eigenvalue weighted by Crippen LogP contribution is -2.10. The van der Waals surface area contributed by atoms with Crippen LogP contribution in [0.25, 0.3) is 0 Å². The van der Waals surface area contributed by atoms with Crippen LogP contribution in [0.3, 0.4) is 0 Å². The van der Waals surface area contributed by atoms with Crippen LogP contribution in [0.4, 0.5) is 0 Å². The molecule has 12 heavy (non-hydrogen) atoms. The lowest BCUT2D eigenvalue weighted by molar-refractivity contribution is 0.225. The zero-order valence-electron chi connectivity index (χ0n) is 6.86. The van der Waals surface area contributed by atoms with Crippen molar-refractivity contribution >= 4 is 0 Å². The fourth-order valence-electron chi connectivity index (χ4n) is 2.37. The van der Waals surface area contributed by atoms with Gasteiger partial charge in [-0.1, -0.05) is 0 Å². The molecule has 1 aromatic heterocycles. The Kier molecular flexibility index (Phi) is 1.20. The molecule has 0 spiro atoms. The van der Waals surface area contributed by atoms with Crippen molar-refractivity contribution in [3.05, 3.63) is 24.0 Å². The number of hydrogen-bond donors (Lipinski definition) is 0. The van der Waals surface area contributed by atoms with Gasteiger partial charge >= 0.3 is 0 Å². The van der Waals surface area contributed by atoms with Crippen molar-refractivity contribution in [2.75, 3.05) is 0 Å². The van der Waals surface area contributed by atoms with Gasteiger partial charge in [-0.2, -0.15) is 0 Å². The largest absolute Gasteiger partial charge is 0.489 e. The van der Waals surface area contributed by atoms with Gasteiger partial charge in [0.1, 0.15) is 11.9 Å². The van der Waals surface area contributed by atoms with Crippen LogP contribution in [0.1, 0.15) is 30.7 Å². The first-order valence-corrected chi connectivity index (χ1v) is 4.56. The van der Waals surface area contributed by atoms with Crippen LogP contribution >= 0.6 is 0 Å². The van der Waals surface area contributed by atoms with E-state index >= 15 is 0 Å². The Morgan fingerprint density at radius 3 is 3.42 bits per heavy atom. The van der Waals surface area contributed by atoms with Gasteiger partial charge in [-0.3, -0.25) is 4.98 Å². The normalized spacial score (nSPS) is 31.0. The summed E-state index contributed by atoms with van der Waals surface area (Å²) in [6.45, 7) is 0. The lowest BCUT2D eigenvalue weighted by Gasteiger charge is -2.06. The van der Waals surface area contributed by atoms with Gasteiger partial charge in [-0.15, -0.1) is 0 Å². The van der Waals surface area contributed by atoms with E-state index < -0.39 is 0 Å². The van der Waals surface area contributed by atoms with E-state index in [4.69, 9.17) is 4.74 Å². The summed E-state index contributed by atoms with van der Waals surface area (Å²) < 4.78 is 5.79. The third kappa shape index (κ3) is 0.724. The number of rotatable bonds is 0. The molecule has 1 saturated carbocycles. The Balaban J connectivity index is 2.09. The molecule has 1 aliphatic heterocycles. The Bertz CT molecular complexity index is 310. The Morgan fingerprint density at radius 1 is 1.42 bits per heavy atom. The molecule has 1 aromatic rings. The minimum atomic E-state index is 0.462. The fourth-order valence-corrected chi connectivity index (χ4v) is 2.37. The lowest BCUT2D eigenvalue weighted by atomic mass is 10.00. The van der Waals surface area contributed by atoms with E-state index in [1.165, 1.54) is 24.8 Å². The standard InChI is InChI=1S/C10H11NO/c1-2-7-8-6-11-5-4-10(8)12-9(7)3-1/h4-7,9H,1-3H2. The molecule has 0 saturated heterocycles. The summed E-state index contributed by atoms with van der Waals surface area (Å²) in [6.07, 6.45) is 8.04. The molecule has 0 bridgehead atoms. The molecule has 2 aliphatic rings.